The first kappa shape index (κ1) is 10.8. The maximum Gasteiger partial charge on any atom is 0.322 e. The van der Waals surface area contributed by atoms with Gasteiger partial charge in [0, 0.05) is 0 Å². The molecule has 0 saturated carbocycles. The van der Waals surface area contributed by atoms with E-state index in [1.54, 1.807) is 20.1 Å². The van der Waals surface area contributed by atoms with E-state index in [0.29, 0.717) is 13.2 Å². The van der Waals surface area contributed by atoms with Crippen LogP contribution in [0.5, 0.6) is 0 Å². The summed E-state index contributed by atoms with van der Waals surface area (Å²) in [5.41, 5.74) is 0. The predicted molar refractivity (Wildman–Crippen MR) is 51.6 cm³/mol. The molecule has 0 fully saturated rings. The Labute approximate surface area is 83.2 Å². The van der Waals surface area contributed by atoms with Crippen LogP contribution in [0.3, 0.4) is 0 Å². The molecule has 78 valence electrons. The molecular weight excluding hydrogens is 182 g/mol. The smallest absolute Gasteiger partial charge is 0.322 e. The number of carbonyl (C=O) groups excluding carboxylic acids is 1. The summed E-state index contributed by atoms with van der Waals surface area (Å²) >= 11 is 0. The van der Waals surface area contributed by atoms with Crippen molar-refractivity contribution in [3.8, 4) is 0 Å². The zero-order chi connectivity index (χ0) is 10.4. The summed E-state index contributed by atoms with van der Waals surface area (Å²) in [7, 11) is 0. The lowest BCUT2D eigenvalue weighted by molar-refractivity contribution is -0.145. The third kappa shape index (κ3) is 3.22. The lowest BCUT2D eigenvalue weighted by Gasteiger charge is -2.10. The van der Waals surface area contributed by atoms with E-state index in [2.05, 4.69) is 5.32 Å². The molecule has 0 aliphatic rings. The van der Waals surface area contributed by atoms with Crippen LogP contribution in [0.1, 0.15) is 19.6 Å². The van der Waals surface area contributed by atoms with E-state index in [1.807, 2.05) is 12.1 Å². The molecule has 0 unspecified atom stereocenters. The van der Waals surface area contributed by atoms with E-state index >= 15 is 0 Å². The van der Waals surface area contributed by atoms with Gasteiger partial charge in [0.1, 0.15) is 11.8 Å². The number of nitrogens with one attached hydrogen (secondary N) is 1. The highest BCUT2D eigenvalue weighted by Crippen LogP contribution is 1.99. The maximum atomic E-state index is 11.2. The third-order valence-electron chi connectivity index (χ3n) is 1.80. The van der Waals surface area contributed by atoms with Crippen LogP contribution in [0.15, 0.2) is 22.8 Å². The Morgan fingerprint density at radius 3 is 3.07 bits per heavy atom. The van der Waals surface area contributed by atoms with E-state index in [-0.39, 0.29) is 12.0 Å². The Bertz CT molecular complexity index is 269. The van der Waals surface area contributed by atoms with Crippen LogP contribution in [-0.4, -0.2) is 18.6 Å². The summed E-state index contributed by atoms with van der Waals surface area (Å²) < 4.78 is 9.95. The molecule has 0 spiro atoms. The Balaban J connectivity index is 2.27. The van der Waals surface area contributed by atoms with Gasteiger partial charge in [-0.2, -0.15) is 0 Å². The van der Waals surface area contributed by atoms with E-state index in [0.717, 1.165) is 5.76 Å². The predicted octanol–water partition coefficient (Wildman–Crippen LogP) is 1.32. The van der Waals surface area contributed by atoms with Gasteiger partial charge in [0.05, 0.1) is 19.4 Å². The largest absolute Gasteiger partial charge is 0.468 e. The fourth-order valence-electron chi connectivity index (χ4n) is 1.02. The molecule has 0 radical (unpaired) electrons. The van der Waals surface area contributed by atoms with Crippen molar-refractivity contribution >= 4 is 5.97 Å². The minimum absolute atomic E-state index is 0.237. The topological polar surface area (TPSA) is 51.5 Å². The molecule has 1 rings (SSSR count). The number of rotatable bonds is 5. The molecule has 0 bridgehead atoms. The SMILES string of the molecule is CCOC(=O)[C@H](C)NCc1ccco1. The lowest BCUT2D eigenvalue weighted by Crippen LogP contribution is -2.34. The van der Waals surface area contributed by atoms with Crippen molar-refractivity contribution in [2.24, 2.45) is 0 Å². The van der Waals surface area contributed by atoms with Crippen molar-refractivity contribution in [1.82, 2.24) is 5.32 Å². The van der Waals surface area contributed by atoms with Crippen molar-refractivity contribution in [3.63, 3.8) is 0 Å². The van der Waals surface area contributed by atoms with Crippen LogP contribution in [-0.2, 0) is 16.1 Å². The van der Waals surface area contributed by atoms with Gasteiger partial charge in [-0.05, 0) is 26.0 Å². The quantitative estimate of drug-likeness (QED) is 0.723. The number of hydrogen-bond donors (Lipinski definition) is 1. The molecule has 0 amide bonds. The van der Waals surface area contributed by atoms with Gasteiger partial charge in [-0.3, -0.25) is 10.1 Å². The first-order chi connectivity index (χ1) is 6.74. The zero-order valence-electron chi connectivity index (χ0n) is 8.45. The first-order valence-corrected chi connectivity index (χ1v) is 4.66. The summed E-state index contributed by atoms with van der Waals surface area (Å²) in [6.07, 6.45) is 1.60. The molecule has 1 aromatic rings. The Hall–Kier alpha value is -1.29. The number of hydrogen-bond acceptors (Lipinski definition) is 4. The number of furan rings is 1. The minimum Gasteiger partial charge on any atom is -0.468 e. The summed E-state index contributed by atoms with van der Waals surface area (Å²) in [6.45, 7) is 4.50. The molecule has 14 heavy (non-hydrogen) atoms. The minimum atomic E-state index is -0.306. The first-order valence-electron chi connectivity index (χ1n) is 4.66. The van der Waals surface area contributed by atoms with E-state index < -0.39 is 0 Å². The molecular formula is C10H15NO3. The Morgan fingerprint density at radius 1 is 1.71 bits per heavy atom. The fourth-order valence-corrected chi connectivity index (χ4v) is 1.02. The second-order valence-corrected chi connectivity index (χ2v) is 2.93. The van der Waals surface area contributed by atoms with Crippen LogP contribution in [0.2, 0.25) is 0 Å². The van der Waals surface area contributed by atoms with Gasteiger partial charge >= 0.3 is 5.97 Å². The molecule has 0 aromatic carbocycles. The molecule has 1 N–H and O–H groups in total. The van der Waals surface area contributed by atoms with Gasteiger partial charge in [0.2, 0.25) is 0 Å². The molecule has 0 saturated heterocycles. The maximum absolute atomic E-state index is 11.2. The molecule has 0 aliphatic heterocycles. The average molecular weight is 197 g/mol. The van der Waals surface area contributed by atoms with Crippen molar-refractivity contribution in [2.75, 3.05) is 6.61 Å². The van der Waals surface area contributed by atoms with Crippen LogP contribution in [0.25, 0.3) is 0 Å². The van der Waals surface area contributed by atoms with Gasteiger partial charge in [-0.15, -0.1) is 0 Å². The van der Waals surface area contributed by atoms with E-state index in [4.69, 9.17) is 9.15 Å². The summed E-state index contributed by atoms with van der Waals surface area (Å²) in [4.78, 5) is 11.2. The van der Waals surface area contributed by atoms with E-state index in [9.17, 15) is 4.79 Å². The Kier molecular flexibility index (Phi) is 4.19. The fraction of sp³-hybridized carbons (Fsp3) is 0.500. The van der Waals surface area contributed by atoms with E-state index in [1.165, 1.54) is 0 Å². The van der Waals surface area contributed by atoms with Crippen molar-refractivity contribution in [1.29, 1.82) is 0 Å². The normalized spacial score (nSPS) is 12.4. The van der Waals surface area contributed by atoms with Gasteiger partial charge in [0.25, 0.3) is 0 Å². The molecule has 0 aliphatic carbocycles. The zero-order valence-corrected chi connectivity index (χ0v) is 8.45. The Morgan fingerprint density at radius 2 is 2.50 bits per heavy atom. The third-order valence-corrected chi connectivity index (χ3v) is 1.80. The molecule has 1 aromatic heterocycles. The molecule has 4 nitrogen and oxygen atoms in total. The van der Waals surface area contributed by atoms with Gasteiger partial charge < -0.3 is 9.15 Å². The highest BCUT2D eigenvalue weighted by Gasteiger charge is 2.12. The summed E-state index contributed by atoms with van der Waals surface area (Å²) in [6, 6.07) is 3.36. The van der Waals surface area contributed by atoms with Gasteiger partial charge in [0.15, 0.2) is 0 Å². The summed E-state index contributed by atoms with van der Waals surface area (Å²) in [5, 5.41) is 3.00. The molecule has 1 heterocycles. The van der Waals surface area contributed by atoms with Crippen molar-refractivity contribution in [2.45, 2.75) is 26.4 Å². The second-order valence-electron chi connectivity index (χ2n) is 2.93. The van der Waals surface area contributed by atoms with Crippen molar-refractivity contribution < 1.29 is 13.9 Å². The van der Waals surface area contributed by atoms with Crippen molar-refractivity contribution in [3.05, 3.63) is 24.2 Å². The van der Waals surface area contributed by atoms with Gasteiger partial charge in [-0.25, -0.2) is 0 Å². The highest BCUT2D eigenvalue weighted by atomic mass is 16.5. The highest BCUT2D eigenvalue weighted by molar-refractivity contribution is 5.75. The lowest BCUT2D eigenvalue weighted by atomic mass is 10.3. The molecule has 1 atom stereocenters. The van der Waals surface area contributed by atoms with Crippen LogP contribution >= 0.6 is 0 Å². The van der Waals surface area contributed by atoms with Crippen LogP contribution in [0.4, 0.5) is 0 Å². The average Bonchev–Trinajstić information content (AvgIpc) is 2.67. The van der Waals surface area contributed by atoms with Gasteiger partial charge in [-0.1, -0.05) is 0 Å². The van der Waals surface area contributed by atoms with Crippen LogP contribution < -0.4 is 5.32 Å². The number of esters is 1. The number of carbonyl (C=O) groups is 1. The number of ether oxygens (including phenoxy) is 1. The molecule has 4 heteroatoms. The monoisotopic (exact) mass is 197 g/mol. The summed E-state index contributed by atoms with van der Waals surface area (Å²) in [5.74, 6) is 0.570. The standard InChI is InChI=1S/C10H15NO3/c1-3-13-10(12)8(2)11-7-9-5-4-6-14-9/h4-6,8,11H,3,7H2,1-2H3/t8-/m0/s1. The van der Waals surface area contributed by atoms with Crippen LogP contribution in [0, 0.1) is 0 Å². The second kappa shape index (κ2) is 5.44.